The zero-order valence-electron chi connectivity index (χ0n) is 13.6. The van der Waals surface area contributed by atoms with Crippen LogP contribution in [0.4, 0.5) is 5.69 Å². The lowest BCUT2D eigenvalue weighted by Gasteiger charge is -2.22. The van der Waals surface area contributed by atoms with E-state index in [1.165, 1.54) is 22.0 Å². The van der Waals surface area contributed by atoms with Gasteiger partial charge in [-0.1, -0.05) is 30.0 Å². The number of furan rings is 1. The molecule has 3 heterocycles. The summed E-state index contributed by atoms with van der Waals surface area (Å²) in [7, 11) is 0. The number of nitrogens with zero attached hydrogens (tertiary/aromatic N) is 4. The fraction of sp³-hybridized carbons (Fsp3) is 0.235. The molecule has 4 rings (SSSR count). The van der Waals surface area contributed by atoms with E-state index in [0.717, 1.165) is 12.1 Å². The van der Waals surface area contributed by atoms with Crippen LogP contribution in [0.15, 0.2) is 52.2 Å². The Kier molecular flexibility index (Phi) is 3.96. The van der Waals surface area contributed by atoms with E-state index < -0.39 is 0 Å². The van der Waals surface area contributed by atoms with Crippen LogP contribution >= 0.6 is 11.8 Å². The second kappa shape index (κ2) is 6.29. The summed E-state index contributed by atoms with van der Waals surface area (Å²) in [6.07, 6.45) is 2.43. The van der Waals surface area contributed by atoms with Gasteiger partial charge in [0.15, 0.2) is 5.76 Å². The molecule has 0 saturated carbocycles. The Balaban J connectivity index is 1.48. The number of anilines is 1. The molecule has 1 aromatic carbocycles. The van der Waals surface area contributed by atoms with Crippen molar-refractivity contribution < 1.29 is 9.21 Å². The standard InChI is InChI=1S/C17H17N5O2S/c1-11-9-12-5-2-3-6-13(12)21(11)15(23)10-25-17-20-19-16(22(17)18)14-7-4-8-24-14/h2-8,11H,9-10,18H2,1H3/t11-/m1/s1. The molecule has 1 amide bonds. The first-order valence-corrected chi connectivity index (χ1v) is 8.91. The number of para-hydroxylation sites is 1. The van der Waals surface area contributed by atoms with Crippen molar-refractivity contribution in [2.24, 2.45) is 0 Å². The second-order valence-corrected chi connectivity index (χ2v) is 6.83. The maximum Gasteiger partial charge on any atom is 0.237 e. The number of nitrogen functional groups attached to an aromatic ring is 1. The Hall–Kier alpha value is -2.74. The average molecular weight is 355 g/mol. The number of hydrogen-bond acceptors (Lipinski definition) is 6. The number of rotatable bonds is 4. The SMILES string of the molecule is C[C@@H]1Cc2ccccc2N1C(=O)CSc1nnc(-c2ccco2)n1N. The lowest BCUT2D eigenvalue weighted by atomic mass is 10.1. The van der Waals surface area contributed by atoms with Crippen LogP contribution in [0.5, 0.6) is 0 Å². The first-order valence-electron chi connectivity index (χ1n) is 7.92. The van der Waals surface area contributed by atoms with Gasteiger partial charge in [-0.05, 0) is 37.1 Å². The predicted molar refractivity (Wildman–Crippen MR) is 95.7 cm³/mol. The van der Waals surface area contributed by atoms with E-state index in [0.29, 0.717) is 16.7 Å². The smallest absolute Gasteiger partial charge is 0.237 e. The monoisotopic (exact) mass is 355 g/mol. The summed E-state index contributed by atoms with van der Waals surface area (Å²) < 4.78 is 6.63. The molecular formula is C17H17N5O2S. The van der Waals surface area contributed by atoms with E-state index in [1.54, 1.807) is 18.4 Å². The van der Waals surface area contributed by atoms with Crippen molar-refractivity contribution >= 4 is 23.4 Å². The molecule has 0 fully saturated rings. The lowest BCUT2D eigenvalue weighted by Crippen LogP contribution is -2.37. The van der Waals surface area contributed by atoms with E-state index in [2.05, 4.69) is 23.2 Å². The van der Waals surface area contributed by atoms with Crippen LogP contribution in [0, 0.1) is 0 Å². The van der Waals surface area contributed by atoms with Gasteiger partial charge in [0.2, 0.25) is 16.9 Å². The zero-order chi connectivity index (χ0) is 17.4. The summed E-state index contributed by atoms with van der Waals surface area (Å²) in [6.45, 7) is 2.06. The van der Waals surface area contributed by atoms with Gasteiger partial charge < -0.3 is 15.2 Å². The first kappa shape index (κ1) is 15.8. The van der Waals surface area contributed by atoms with Gasteiger partial charge in [-0.3, -0.25) is 4.79 Å². The summed E-state index contributed by atoms with van der Waals surface area (Å²) in [4.78, 5) is 14.6. The molecule has 1 aliphatic rings. The van der Waals surface area contributed by atoms with E-state index in [9.17, 15) is 4.79 Å². The van der Waals surface area contributed by atoms with Gasteiger partial charge >= 0.3 is 0 Å². The zero-order valence-corrected chi connectivity index (χ0v) is 14.4. The first-order chi connectivity index (χ1) is 12.1. The molecule has 1 aliphatic heterocycles. The van der Waals surface area contributed by atoms with Gasteiger partial charge in [0.25, 0.3) is 0 Å². The topological polar surface area (TPSA) is 90.2 Å². The minimum Gasteiger partial charge on any atom is -0.461 e. The van der Waals surface area contributed by atoms with Gasteiger partial charge in [0.05, 0.1) is 12.0 Å². The van der Waals surface area contributed by atoms with Gasteiger partial charge in [-0.15, -0.1) is 10.2 Å². The van der Waals surface area contributed by atoms with Crippen molar-refractivity contribution in [1.82, 2.24) is 14.9 Å². The number of aromatic nitrogens is 3. The van der Waals surface area contributed by atoms with Gasteiger partial charge in [0.1, 0.15) is 0 Å². The number of carbonyl (C=O) groups is 1. The number of benzene rings is 1. The number of fused-ring (bicyclic) bond motifs is 1. The quantitative estimate of drug-likeness (QED) is 0.571. The van der Waals surface area contributed by atoms with Crippen molar-refractivity contribution in [3.05, 3.63) is 48.2 Å². The van der Waals surface area contributed by atoms with Crippen molar-refractivity contribution in [1.29, 1.82) is 0 Å². The molecule has 2 aromatic heterocycles. The molecular weight excluding hydrogens is 338 g/mol. The fourth-order valence-electron chi connectivity index (χ4n) is 3.09. The van der Waals surface area contributed by atoms with E-state index in [-0.39, 0.29) is 17.7 Å². The maximum atomic E-state index is 12.7. The Morgan fingerprint density at radius 2 is 2.16 bits per heavy atom. The minimum absolute atomic E-state index is 0.0324. The van der Waals surface area contributed by atoms with Gasteiger partial charge in [0, 0.05) is 11.7 Å². The summed E-state index contributed by atoms with van der Waals surface area (Å²) in [5, 5.41) is 8.56. The third-order valence-corrected chi connectivity index (χ3v) is 5.13. The third-order valence-electron chi connectivity index (χ3n) is 4.21. The highest BCUT2D eigenvalue weighted by Gasteiger charge is 2.30. The minimum atomic E-state index is 0.0324. The summed E-state index contributed by atoms with van der Waals surface area (Å²) in [5.74, 6) is 7.27. The predicted octanol–water partition coefficient (Wildman–Crippen LogP) is 2.32. The molecule has 0 aliphatic carbocycles. The molecule has 3 aromatic rings. The maximum absolute atomic E-state index is 12.7. The van der Waals surface area contributed by atoms with E-state index in [1.807, 2.05) is 23.1 Å². The van der Waals surface area contributed by atoms with Crippen LogP contribution in [0.3, 0.4) is 0 Å². The summed E-state index contributed by atoms with van der Waals surface area (Å²) in [5.41, 5.74) is 2.20. The molecule has 8 heteroatoms. The Labute approximate surface area is 148 Å². The second-order valence-electron chi connectivity index (χ2n) is 5.89. The Bertz CT molecular complexity index is 906. The van der Waals surface area contributed by atoms with Crippen molar-refractivity contribution in [3.63, 3.8) is 0 Å². The number of amides is 1. The molecule has 0 bridgehead atoms. The fourth-order valence-corrected chi connectivity index (χ4v) is 3.81. The van der Waals surface area contributed by atoms with Crippen molar-refractivity contribution in [2.45, 2.75) is 24.5 Å². The van der Waals surface area contributed by atoms with Crippen LogP contribution in [-0.4, -0.2) is 32.6 Å². The highest BCUT2D eigenvalue weighted by molar-refractivity contribution is 7.99. The Morgan fingerprint density at radius 3 is 2.96 bits per heavy atom. The number of carbonyl (C=O) groups excluding carboxylic acids is 1. The number of thioether (sulfide) groups is 1. The lowest BCUT2D eigenvalue weighted by molar-refractivity contribution is -0.116. The average Bonchev–Trinajstić information content (AvgIpc) is 3.31. The van der Waals surface area contributed by atoms with Crippen LogP contribution in [0.2, 0.25) is 0 Å². The van der Waals surface area contributed by atoms with Gasteiger partial charge in [-0.2, -0.15) is 0 Å². The summed E-state index contributed by atoms with van der Waals surface area (Å²) >= 11 is 1.27. The molecule has 1 atom stereocenters. The van der Waals surface area contributed by atoms with Crippen molar-refractivity contribution in [2.75, 3.05) is 16.5 Å². The van der Waals surface area contributed by atoms with Crippen LogP contribution in [-0.2, 0) is 11.2 Å². The molecule has 0 spiro atoms. The Morgan fingerprint density at radius 1 is 1.32 bits per heavy atom. The number of hydrogen-bond donors (Lipinski definition) is 1. The van der Waals surface area contributed by atoms with E-state index in [4.69, 9.17) is 10.3 Å². The third kappa shape index (κ3) is 2.78. The highest BCUT2D eigenvalue weighted by Crippen LogP contribution is 2.32. The molecule has 0 saturated heterocycles. The van der Waals surface area contributed by atoms with Gasteiger partial charge in [-0.25, -0.2) is 4.68 Å². The van der Waals surface area contributed by atoms with Crippen LogP contribution in [0.25, 0.3) is 11.6 Å². The molecule has 0 unspecified atom stereocenters. The number of nitrogens with two attached hydrogens (primary N) is 1. The molecule has 0 radical (unpaired) electrons. The van der Waals surface area contributed by atoms with Crippen LogP contribution in [0.1, 0.15) is 12.5 Å². The molecule has 128 valence electrons. The molecule has 25 heavy (non-hydrogen) atoms. The summed E-state index contributed by atoms with van der Waals surface area (Å²) in [6, 6.07) is 11.7. The van der Waals surface area contributed by atoms with E-state index >= 15 is 0 Å². The van der Waals surface area contributed by atoms with Crippen LogP contribution < -0.4 is 10.7 Å². The molecule has 7 nitrogen and oxygen atoms in total. The highest BCUT2D eigenvalue weighted by atomic mass is 32.2. The van der Waals surface area contributed by atoms with Crippen molar-refractivity contribution in [3.8, 4) is 11.6 Å². The largest absolute Gasteiger partial charge is 0.461 e. The molecule has 2 N–H and O–H groups in total. The normalized spacial score (nSPS) is 16.2.